The molecule has 0 saturated heterocycles. The molecule has 0 radical (unpaired) electrons. The van der Waals surface area contributed by atoms with Crippen molar-refractivity contribution in [1.82, 2.24) is 0 Å². The molecule has 1 rings (SSSR count). The molecule has 0 fully saturated rings. The Balaban J connectivity index is 2.56. The van der Waals surface area contributed by atoms with Crippen LogP contribution in [-0.2, 0) is 6.42 Å². The van der Waals surface area contributed by atoms with E-state index in [1.165, 1.54) is 5.56 Å². The molecule has 2 N–H and O–H groups in total. The van der Waals surface area contributed by atoms with Crippen LogP contribution in [0.4, 0.5) is 0 Å². The topological polar surface area (TPSA) is 35.2 Å². The van der Waals surface area contributed by atoms with Crippen LogP contribution < -0.4 is 10.5 Å². The molecule has 1 aromatic carbocycles. The maximum Gasteiger partial charge on any atom is 0.133 e. The molecule has 0 amide bonds. The van der Waals surface area contributed by atoms with Crippen molar-refractivity contribution in [2.75, 3.05) is 13.2 Å². The summed E-state index contributed by atoms with van der Waals surface area (Å²) in [6.45, 7) is 3.12. The van der Waals surface area contributed by atoms with Crippen LogP contribution in [-0.4, -0.2) is 13.2 Å². The molecule has 0 bridgehead atoms. The first-order valence-corrected chi connectivity index (χ1v) is 6.08. The van der Waals surface area contributed by atoms with Crippen LogP contribution in [0.25, 0.3) is 0 Å². The van der Waals surface area contributed by atoms with E-state index >= 15 is 0 Å². The number of halogens is 1. The van der Waals surface area contributed by atoms with Gasteiger partial charge in [-0.3, -0.25) is 0 Å². The van der Waals surface area contributed by atoms with Crippen molar-refractivity contribution in [3.63, 3.8) is 0 Å². The van der Waals surface area contributed by atoms with E-state index in [1.54, 1.807) is 0 Å². The second kappa shape index (κ2) is 7.32. The number of hydrogen-bond acceptors (Lipinski definition) is 2. The molecule has 0 spiro atoms. The molecule has 0 aliphatic rings. The summed E-state index contributed by atoms with van der Waals surface area (Å²) in [7, 11) is 0. The highest BCUT2D eigenvalue weighted by molar-refractivity contribution is 9.10. The number of nitrogens with two attached hydrogens (primary N) is 1. The maximum absolute atomic E-state index is 5.59. The first-order valence-electron chi connectivity index (χ1n) is 5.29. The molecular weight excluding hydrogens is 266 g/mol. The van der Waals surface area contributed by atoms with Crippen molar-refractivity contribution in [3.05, 3.63) is 28.2 Å². The van der Waals surface area contributed by atoms with E-state index < -0.39 is 0 Å². The maximum atomic E-state index is 5.59. The van der Waals surface area contributed by atoms with Crippen LogP contribution in [0, 0.1) is 11.8 Å². The first-order chi connectivity index (χ1) is 7.77. The summed E-state index contributed by atoms with van der Waals surface area (Å²) in [5, 5.41) is 0. The Bertz CT molecular complexity index is 393. The molecule has 0 unspecified atom stereocenters. The third-order valence-electron chi connectivity index (χ3n) is 2.09. The molecule has 3 heteroatoms. The number of rotatable bonds is 5. The van der Waals surface area contributed by atoms with Gasteiger partial charge in [0.15, 0.2) is 0 Å². The Kier molecular flexibility index (Phi) is 5.99. The predicted octanol–water partition coefficient (Wildman–Crippen LogP) is 2.74. The van der Waals surface area contributed by atoms with Gasteiger partial charge in [0.25, 0.3) is 0 Å². The van der Waals surface area contributed by atoms with Crippen LogP contribution in [0.1, 0.15) is 18.9 Å². The average Bonchev–Trinajstić information content (AvgIpc) is 2.27. The molecule has 86 valence electrons. The van der Waals surface area contributed by atoms with Gasteiger partial charge in [0.1, 0.15) is 5.75 Å². The highest BCUT2D eigenvalue weighted by Gasteiger charge is 2.01. The van der Waals surface area contributed by atoms with Crippen molar-refractivity contribution >= 4 is 15.9 Å². The fourth-order valence-electron chi connectivity index (χ4n) is 1.32. The highest BCUT2D eigenvalue weighted by atomic mass is 79.9. The lowest BCUT2D eigenvalue weighted by atomic mass is 10.1. The van der Waals surface area contributed by atoms with Gasteiger partial charge in [-0.2, -0.15) is 0 Å². The van der Waals surface area contributed by atoms with E-state index in [-0.39, 0.29) is 0 Å². The molecule has 0 heterocycles. The van der Waals surface area contributed by atoms with Gasteiger partial charge in [-0.1, -0.05) is 6.07 Å². The second-order valence-electron chi connectivity index (χ2n) is 3.33. The summed E-state index contributed by atoms with van der Waals surface area (Å²) < 4.78 is 6.57. The Morgan fingerprint density at radius 2 is 2.25 bits per heavy atom. The Hall–Kier alpha value is -0.980. The minimum atomic E-state index is 0.621. The van der Waals surface area contributed by atoms with Crippen molar-refractivity contribution in [1.29, 1.82) is 0 Å². The zero-order chi connectivity index (χ0) is 11.8. The summed E-state index contributed by atoms with van der Waals surface area (Å²) in [6, 6.07) is 6.06. The van der Waals surface area contributed by atoms with Gasteiger partial charge in [-0.25, -0.2) is 0 Å². The average molecular weight is 282 g/mol. The third kappa shape index (κ3) is 4.26. The zero-order valence-corrected chi connectivity index (χ0v) is 11.0. The van der Waals surface area contributed by atoms with E-state index in [0.717, 1.165) is 23.1 Å². The number of benzene rings is 1. The van der Waals surface area contributed by atoms with Gasteiger partial charge >= 0.3 is 0 Å². The molecule has 0 aromatic heterocycles. The van der Waals surface area contributed by atoms with E-state index in [9.17, 15) is 0 Å². The van der Waals surface area contributed by atoms with Crippen LogP contribution in [0.2, 0.25) is 0 Å². The SMILES string of the molecule is CC#CCCOc1ccc(CCN)cc1Br. The molecule has 0 aliphatic heterocycles. The lowest BCUT2D eigenvalue weighted by Gasteiger charge is -2.08. The van der Waals surface area contributed by atoms with Gasteiger partial charge < -0.3 is 10.5 Å². The first kappa shape index (κ1) is 13.1. The van der Waals surface area contributed by atoms with E-state index in [4.69, 9.17) is 10.5 Å². The van der Waals surface area contributed by atoms with Crippen molar-refractivity contribution in [3.8, 4) is 17.6 Å². The van der Waals surface area contributed by atoms with Crippen molar-refractivity contribution in [2.24, 2.45) is 5.73 Å². The molecule has 16 heavy (non-hydrogen) atoms. The Morgan fingerprint density at radius 3 is 2.88 bits per heavy atom. The molecular formula is C13H16BrNO. The van der Waals surface area contributed by atoms with Crippen LogP contribution in [0.5, 0.6) is 5.75 Å². The quantitative estimate of drug-likeness (QED) is 0.665. The monoisotopic (exact) mass is 281 g/mol. The van der Waals surface area contributed by atoms with Crippen molar-refractivity contribution < 1.29 is 4.74 Å². The summed E-state index contributed by atoms with van der Waals surface area (Å²) >= 11 is 3.48. The minimum Gasteiger partial charge on any atom is -0.491 e. The molecule has 0 atom stereocenters. The van der Waals surface area contributed by atoms with Gasteiger partial charge in [-0.05, 0) is 53.5 Å². The lowest BCUT2D eigenvalue weighted by molar-refractivity contribution is 0.325. The third-order valence-corrected chi connectivity index (χ3v) is 2.71. The lowest BCUT2D eigenvalue weighted by Crippen LogP contribution is -2.03. The summed E-state index contributed by atoms with van der Waals surface area (Å²) in [6.07, 6.45) is 1.65. The Labute approximate surface area is 105 Å². The van der Waals surface area contributed by atoms with E-state index in [0.29, 0.717) is 13.2 Å². The fraction of sp³-hybridized carbons (Fsp3) is 0.385. The Morgan fingerprint density at radius 1 is 1.44 bits per heavy atom. The van der Waals surface area contributed by atoms with Crippen molar-refractivity contribution in [2.45, 2.75) is 19.8 Å². The summed E-state index contributed by atoms with van der Waals surface area (Å²) in [5.41, 5.74) is 6.72. The molecule has 0 aliphatic carbocycles. The summed E-state index contributed by atoms with van der Waals surface area (Å²) in [4.78, 5) is 0. The van der Waals surface area contributed by atoms with Gasteiger partial charge in [-0.15, -0.1) is 11.8 Å². The molecule has 1 aromatic rings. The zero-order valence-electron chi connectivity index (χ0n) is 9.42. The number of ether oxygens (including phenoxy) is 1. The van der Waals surface area contributed by atoms with Gasteiger partial charge in [0.2, 0.25) is 0 Å². The van der Waals surface area contributed by atoms with Crippen LogP contribution >= 0.6 is 15.9 Å². The predicted molar refractivity (Wildman–Crippen MR) is 70.5 cm³/mol. The second-order valence-corrected chi connectivity index (χ2v) is 4.18. The largest absolute Gasteiger partial charge is 0.491 e. The minimum absolute atomic E-state index is 0.621. The van der Waals surface area contributed by atoms with Crippen LogP contribution in [0.15, 0.2) is 22.7 Å². The van der Waals surface area contributed by atoms with E-state index in [2.05, 4.69) is 27.8 Å². The normalized spacial score (nSPS) is 9.44. The van der Waals surface area contributed by atoms with Gasteiger partial charge in [0, 0.05) is 6.42 Å². The fourth-order valence-corrected chi connectivity index (χ4v) is 1.86. The smallest absolute Gasteiger partial charge is 0.133 e. The molecule has 0 saturated carbocycles. The molecule has 2 nitrogen and oxygen atoms in total. The van der Waals surface area contributed by atoms with E-state index in [1.807, 2.05) is 25.1 Å². The standard InChI is InChI=1S/C13H16BrNO/c1-2-3-4-9-16-13-6-5-11(7-8-15)10-12(13)14/h5-6,10H,4,7-9,15H2,1H3. The number of hydrogen-bond donors (Lipinski definition) is 1. The highest BCUT2D eigenvalue weighted by Crippen LogP contribution is 2.26. The van der Waals surface area contributed by atoms with Gasteiger partial charge in [0.05, 0.1) is 11.1 Å². The van der Waals surface area contributed by atoms with Crippen LogP contribution in [0.3, 0.4) is 0 Å². The summed E-state index contributed by atoms with van der Waals surface area (Å²) in [5.74, 6) is 6.66.